The van der Waals surface area contributed by atoms with Gasteiger partial charge >= 0.3 is 0 Å². The normalized spacial score (nSPS) is 20.7. The van der Waals surface area contributed by atoms with Gasteiger partial charge < -0.3 is 14.5 Å². The number of carbonyl (C=O) groups excluding carboxylic acids is 1. The van der Waals surface area contributed by atoms with Gasteiger partial charge in [-0.15, -0.1) is 11.3 Å². The third-order valence-electron chi connectivity index (χ3n) is 4.86. The first-order chi connectivity index (χ1) is 13.0. The molecular weight excluding hydrogens is 364 g/mol. The van der Waals surface area contributed by atoms with Crippen molar-refractivity contribution in [2.75, 3.05) is 33.8 Å². The molecule has 0 bridgehead atoms. The van der Waals surface area contributed by atoms with Crippen LogP contribution in [0.4, 0.5) is 0 Å². The van der Waals surface area contributed by atoms with E-state index in [-0.39, 0.29) is 18.1 Å². The van der Waals surface area contributed by atoms with Crippen molar-refractivity contribution in [2.24, 2.45) is 7.05 Å². The van der Waals surface area contributed by atoms with Crippen LogP contribution in [-0.4, -0.2) is 74.8 Å². The summed E-state index contributed by atoms with van der Waals surface area (Å²) < 4.78 is 9.72. The van der Waals surface area contributed by atoms with Crippen LogP contribution in [0.2, 0.25) is 0 Å². The number of thiazole rings is 1. The zero-order valence-corrected chi connectivity index (χ0v) is 16.8. The maximum atomic E-state index is 13.6. The van der Waals surface area contributed by atoms with Crippen LogP contribution in [0.1, 0.15) is 27.8 Å². The van der Waals surface area contributed by atoms with Crippen molar-refractivity contribution in [3.05, 3.63) is 40.9 Å². The van der Waals surface area contributed by atoms with Crippen molar-refractivity contribution in [3.63, 3.8) is 0 Å². The van der Waals surface area contributed by atoms with Crippen LogP contribution in [0.15, 0.2) is 24.0 Å². The molecule has 3 aromatic heterocycles. The number of aryl methyl sites for hydroxylation is 2. The lowest BCUT2D eigenvalue weighted by atomic mass is 10.00. The average Bonchev–Trinajstić information content (AvgIpc) is 3.29. The Kier molecular flexibility index (Phi) is 4.75. The summed E-state index contributed by atoms with van der Waals surface area (Å²) >= 11 is 1.53. The van der Waals surface area contributed by atoms with E-state index in [1.165, 1.54) is 11.3 Å². The first-order valence-corrected chi connectivity index (χ1v) is 9.81. The van der Waals surface area contributed by atoms with Crippen LogP contribution in [0.25, 0.3) is 4.96 Å². The first-order valence-electron chi connectivity index (χ1n) is 8.93. The number of nitrogens with zero attached hydrogens (tertiary/aromatic N) is 6. The molecule has 0 spiro atoms. The van der Waals surface area contributed by atoms with Crippen LogP contribution in [-0.2, 0) is 11.8 Å². The Morgan fingerprint density at radius 3 is 2.96 bits per heavy atom. The minimum absolute atomic E-state index is 0.0145. The Morgan fingerprint density at radius 1 is 1.44 bits per heavy atom. The zero-order valence-electron chi connectivity index (χ0n) is 16.0. The van der Waals surface area contributed by atoms with Crippen molar-refractivity contribution < 1.29 is 9.53 Å². The fraction of sp³-hybridized carbons (Fsp3) is 0.500. The van der Waals surface area contributed by atoms with Crippen molar-refractivity contribution >= 4 is 22.2 Å². The van der Waals surface area contributed by atoms with Gasteiger partial charge in [0.05, 0.1) is 30.6 Å². The SMILES string of the molecule is Cc1nc2sccn2c1C(=O)N1CCO[C@@H](CN(C)C)[C@@H]1c1cnn(C)c1. The molecule has 0 aliphatic carbocycles. The first kappa shape index (κ1) is 18.1. The predicted octanol–water partition coefficient (Wildman–Crippen LogP) is 1.58. The van der Waals surface area contributed by atoms with E-state index in [2.05, 4.69) is 15.0 Å². The number of likely N-dealkylation sites (N-methyl/N-ethyl adjacent to an activating group) is 1. The highest BCUT2D eigenvalue weighted by Gasteiger charge is 2.39. The summed E-state index contributed by atoms with van der Waals surface area (Å²) in [4.78, 5) is 23.0. The summed E-state index contributed by atoms with van der Waals surface area (Å²) in [7, 11) is 5.91. The van der Waals surface area contributed by atoms with Crippen LogP contribution in [0.3, 0.4) is 0 Å². The fourth-order valence-corrected chi connectivity index (χ4v) is 4.51. The molecule has 2 atom stereocenters. The predicted molar refractivity (Wildman–Crippen MR) is 103 cm³/mol. The van der Waals surface area contributed by atoms with Crippen molar-refractivity contribution in [1.29, 1.82) is 0 Å². The minimum Gasteiger partial charge on any atom is -0.373 e. The summed E-state index contributed by atoms with van der Waals surface area (Å²) in [5.74, 6) is -0.0145. The second kappa shape index (κ2) is 7.06. The number of aromatic nitrogens is 4. The molecule has 1 saturated heterocycles. The Balaban J connectivity index is 1.75. The van der Waals surface area contributed by atoms with E-state index in [1.54, 1.807) is 4.68 Å². The number of carbonyl (C=O) groups is 1. The highest BCUT2D eigenvalue weighted by atomic mass is 32.1. The van der Waals surface area contributed by atoms with Crippen LogP contribution in [0.5, 0.6) is 0 Å². The molecule has 1 amide bonds. The number of hydrogen-bond donors (Lipinski definition) is 0. The van der Waals surface area contributed by atoms with E-state index in [9.17, 15) is 4.79 Å². The quantitative estimate of drug-likeness (QED) is 0.679. The Bertz CT molecular complexity index is 958. The topological polar surface area (TPSA) is 67.9 Å². The molecule has 8 nitrogen and oxygen atoms in total. The molecule has 9 heteroatoms. The van der Waals surface area contributed by atoms with Gasteiger partial charge in [0, 0.05) is 43.5 Å². The number of morpholine rings is 1. The van der Waals surface area contributed by atoms with Gasteiger partial charge in [-0.25, -0.2) is 4.98 Å². The molecule has 4 rings (SSSR count). The van der Waals surface area contributed by atoms with E-state index in [0.29, 0.717) is 18.8 Å². The highest BCUT2D eigenvalue weighted by Crippen LogP contribution is 2.32. The van der Waals surface area contributed by atoms with E-state index in [4.69, 9.17) is 4.74 Å². The van der Waals surface area contributed by atoms with Gasteiger partial charge in [-0.1, -0.05) is 0 Å². The molecule has 4 heterocycles. The van der Waals surface area contributed by atoms with Gasteiger partial charge in [0.1, 0.15) is 5.69 Å². The standard InChI is InChI=1S/C18H24N6O2S/c1-12-15(24-6-8-27-18(24)20-12)17(25)23-5-7-26-14(11-21(2)3)16(23)13-9-19-22(4)10-13/h6,8-10,14,16H,5,7,11H2,1-4H3/t14-,16-/m0/s1. The lowest BCUT2D eigenvalue weighted by molar-refractivity contribution is -0.0686. The molecular formula is C18H24N6O2S. The lowest BCUT2D eigenvalue weighted by Gasteiger charge is -2.41. The molecule has 0 saturated carbocycles. The van der Waals surface area contributed by atoms with E-state index < -0.39 is 0 Å². The van der Waals surface area contributed by atoms with E-state index in [0.717, 1.165) is 22.8 Å². The molecule has 0 aromatic carbocycles. The summed E-state index contributed by atoms with van der Waals surface area (Å²) in [5.41, 5.74) is 2.37. The number of imidazole rings is 1. The molecule has 27 heavy (non-hydrogen) atoms. The summed E-state index contributed by atoms with van der Waals surface area (Å²) in [6.45, 7) is 3.68. The smallest absolute Gasteiger partial charge is 0.273 e. The zero-order chi connectivity index (χ0) is 19.1. The third kappa shape index (κ3) is 3.26. The molecule has 1 aliphatic rings. The van der Waals surface area contributed by atoms with Crippen LogP contribution < -0.4 is 0 Å². The molecule has 0 N–H and O–H groups in total. The van der Waals surface area contributed by atoms with Gasteiger partial charge in [-0.3, -0.25) is 13.9 Å². The third-order valence-corrected chi connectivity index (χ3v) is 5.62. The van der Waals surface area contributed by atoms with Gasteiger partial charge in [-0.05, 0) is 21.0 Å². The monoisotopic (exact) mass is 388 g/mol. The second-order valence-electron chi connectivity index (χ2n) is 7.16. The molecule has 0 unspecified atom stereocenters. The molecule has 144 valence electrons. The Labute approximate surface area is 162 Å². The van der Waals surface area contributed by atoms with Crippen molar-refractivity contribution in [2.45, 2.75) is 19.1 Å². The minimum atomic E-state index is -0.189. The largest absolute Gasteiger partial charge is 0.373 e. The maximum absolute atomic E-state index is 13.6. The van der Waals surface area contributed by atoms with Crippen molar-refractivity contribution in [3.8, 4) is 0 Å². The van der Waals surface area contributed by atoms with Gasteiger partial charge in [-0.2, -0.15) is 5.10 Å². The number of amides is 1. The van der Waals surface area contributed by atoms with Gasteiger partial charge in [0.2, 0.25) is 0 Å². The molecule has 1 aliphatic heterocycles. The average molecular weight is 388 g/mol. The van der Waals surface area contributed by atoms with Gasteiger partial charge in [0.25, 0.3) is 5.91 Å². The van der Waals surface area contributed by atoms with E-state index >= 15 is 0 Å². The lowest BCUT2D eigenvalue weighted by Crippen LogP contribution is -2.51. The summed E-state index contributed by atoms with van der Waals surface area (Å²) in [5, 5.41) is 6.26. The maximum Gasteiger partial charge on any atom is 0.273 e. The van der Waals surface area contributed by atoms with Crippen molar-refractivity contribution in [1.82, 2.24) is 29.0 Å². The highest BCUT2D eigenvalue weighted by molar-refractivity contribution is 7.15. The molecule has 0 radical (unpaired) electrons. The Morgan fingerprint density at radius 2 is 2.26 bits per heavy atom. The van der Waals surface area contributed by atoms with Crippen LogP contribution in [0, 0.1) is 6.92 Å². The summed E-state index contributed by atoms with van der Waals surface area (Å²) in [6.07, 6.45) is 5.58. The number of rotatable bonds is 4. The fourth-order valence-electron chi connectivity index (χ4n) is 3.75. The Hall–Kier alpha value is -2.23. The number of fused-ring (bicyclic) bond motifs is 1. The number of ether oxygens (including phenoxy) is 1. The van der Waals surface area contributed by atoms with Crippen LogP contribution >= 0.6 is 11.3 Å². The molecule has 3 aromatic rings. The number of hydrogen-bond acceptors (Lipinski definition) is 6. The molecule has 1 fully saturated rings. The second-order valence-corrected chi connectivity index (χ2v) is 8.04. The summed E-state index contributed by atoms with van der Waals surface area (Å²) in [6, 6.07) is -0.189. The van der Waals surface area contributed by atoms with Gasteiger partial charge in [0.15, 0.2) is 4.96 Å². The van der Waals surface area contributed by atoms with E-state index in [1.807, 2.05) is 61.3 Å².